The highest BCUT2D eigenvalue weighted by Crippen LogP contribution is 2.08. The van der Waals surface area contributed by atoms with E-state index in [0.29, 0.717) is 11.3 Å². The number of amides is 2. The Morgan fingerprint density at radius 1 is 1.11 bits per heavy atom. The highest BCUT2D eigenvalue weighted by Gasteiger charge is 2.17. The number of nitrogens with two attached hydrogens (primary N) is 1. The Hall–Kier alpha value is -2.04. The predicted octanol–water partition coefficient (Wildman–Crippen LogP) is 1.01. The molecule has 19 heavy (non-hydrogen) atoms. The van der Waals surface area contributed by atoms with Gasteiger partial charge >= 0.3 is 0 Å². The number of anilines is 1. The van der Waals surface area contributed by atoms with Crippen LogP contribution in [-0.2, 0) is 4.79 Å². The van der Waals surface area contributed by atoms with Crippen LogP contribution in [0.25, 0.3) is 0 Å². The fourth-order valence-electron chi connectivity index (χ4n) is 2.15. The molecule has 102 valence electrons. The number of nitrogens with one attached hydrogen (secondary N) is 1. The van der Waals surface area contributed by atoms with E-state index in [4.69, 9.17) is 5.73 Å². The number of hydrogen-bond donors (Lipinski definition) is 2. The second kappa shape index (κ2) is 6.22. The molecule has 5 nitrogen and oxygen atoms in total. The Morgan fingerprint density at radius 2 is 1.74 bits per heavy atom. The number of carbonyl (C=O) groups excluding carboxylic acids is 2. The van der Waals surface area contributed by atoms with Crippen LogP contribution in [0.2, 0.25) is 0 Å². The molecule has 1 aliphatic heterocycles. The summed E-state index contributed by atoms with van der Waals surface area (Å²) in [5.74, 6) is -0.256. The minimum absolute atomic E-state index is 0.0107. The largest absolute Gasteiger partial charge is 0.399 e. The van der Waals surface area contributed by atoms with Crippen LogP contribution in [0.5, 0.6) is 0 Å². The summed E-state index contributed by atoms with van der Waals surface area (Å²) in [4.78, 5) is 25.5. The van der Waals surface area contributed by atoms with Crippen LogP contribution >= 0.6 is 0 Å². The average molecular weight is 261 g/mol. The zero-order chi connectivity index (χ0) is 13.7. The number of rotatable bonds is 3. The zero-order valence-electron chi connectivity index (χ0n) is 10.9. The third kappa shape index (κ3) is 3.71. The van der Waals surface area contributed by atoms with E-state index in [0.717, 1.165) is 25.9 Å². The van der Waals surface area contributed by atoms with Crippen LogP contribution in [0.4, 0.5) is 5.69 Å². The SMILES string of the molecule is Nc1ccc(C(=O)NCC(=O)N2CCCCC2)cc1. The number of nitrogens with zero attached hydrogens (tertiary/aromatic N) is 1. The van der Waals surface area contributed by atoms with Gasteiger partial charge in [0, 0.05) is 24.3 Å². The van der Waals surface area contributed by atoms with Gasteiger partial charge in [-0.3, -0.25) is 9.59 Å². The molecule has 1 aromatic carbocycles. The summed E-state index contributed by atoms with van der Waals surface area (Å²) in [6.45, 7) is 1.66. The van der Waals surface area contributed by atoms with Gasteiger partial charge in [0.2, 0.25) is 5.91 Å². The molecule has 2 amide bonds. The Labute approximate surface area is 112 Å². The molecule has 0 saturated carbocycles. The van der Waals surface area contributed by atoms with Crippen molar-refractivity contribution < 1.29 is 9.59 Å². The molecule has 0 spiro atoms. The first kappa shape index (κ1) is 13.4. The molecule has 2 rings (SSSR count). The van der Waals surface area contributed by atoms with Crippen molar-refractivity contribution >= 4 is 17.5 Å². The lowest BCUT2D eigenvalue weighted by Crippen LogP contribution is -2.42. The highest BCUT2D eigenvalue weighted by molar-refractivity contribution is 5.96. The summed E-state index contributed by atoms with van der Waals surface area (Å²) >= 11 is 0. The molecular weight excluding hydrogens is 242 g/mol. The van der Waals surface area contributed by atoms with Crippen molar-refractivity contribution in [3.8, 4) is 0 Å². The quantitative estimate of drug-likeness (QED) is 0.797. The van der Waals surface area contributed by atoms with Crippen LogP contribution < -0.4 is 11.1 Å². The van der Waals surface area contributed by atoms with Gasteiger partial charge in [-0.25, -0.2) is 0 Å². The summed E-state index contributed by atoms with van der Waals surface area (Å²) < 4.78 is 0. The van der Waals surface area contributed by atoms with Crippen molar-refractivity contribution in [3.05, 3.63) is 29.8 Å². The molecule has 1 aromatic rings. The van der Waals surface area contributed by atoms with Crippen LogP contribution in [0.15, 0.2) is 24.3 Å². The summed E-state index contributed by atoms with van der Waals surface area (Å²) in [7, 11) is 0. The number of carbonyl (C=O) groups is 2. The molecular formula is C14H19N3O2. The summed E-state index contributed by atoms with van der Waals surface area (Å²) in [6.07, 6.45) is 3.29. The van der Waals surface area contributed by atoms with E-state index >= 15 is 0 Å². The summed E-state index contributed by atoms with van der Waals surface area (Å²) in [5, 5.41) is 2.64. The van der Waals surface area contributed by atoms with Crippen molar-refractivity contribution in [2.75, 3.05) is 25.4 Å². The van der Waals surface area contributed by atoms with Crippen LogP contribution in [0.1, 0.15) is 29.6 Å². The van der Waals surface area contributed by atoms with E-state index < -0.39 is 0 Å². The van der Waals surface area contributed by atoms with Gasteiger partial charge in [-0.2, -0.15) is 0 Å². The van der Waals surface area contributed by atoms with Crippen molar-refractivity contribution in [2.24, 2.45) is 0 Å². The Morgan fingerprint density at radius 3 is 2.37 bits per heavy atom. The smallest absolute Gasteiger partial charge is 0.251 e. The van der Waals surface area contributed by atoms with Gasteiger partial charge in [0.1, 0.15) is 0 Å². The van der Waals surface area contributed by atoms with E-state index in [1.165, 1.54) is 6.42 Å². The maximum atomic E-state index is 11.9. The van der Waals surface area contributed by atoms with Gasteiger partial charge in [-0.1, -0.05) is 0 Å². The monoisotopic (exact) mass is 261 g/mol. The minimum Gasteiger partial charge on any atom is -0.399 e. The second-order valence-electron chi connectivity index (χ2n) is 4.75. The van der Waals surface area contributed by atoms with Crippen molar-refractivity contribution in [1.29, 1.82) is 0 Å². The Bertz CT molecular complexity index is 450. The van der Waals surface area contributed by atoms with Crippen LogP contribution in [-0.4, -0.2) is 36.3 Å². The molecule has 0 radical (unpaired) electrons. The standard InChI is InChI=1S/C14H19N3O2/c15-12-6-4-11(5-7-12)14(19)16-10-13(18)17-8-2-1-3-9-17/h4-7H,1-3,8-10,15H2,(H,16,19). The maximum absolute atomic E-state index is 11.9. The number of likely N-dealkylation sites (tertiary alicyclic amines) is 1. The molecule has 1 heterocycles. The zero-order valence-corrected chi connectivity index (χ0v) is 10.9. The van der Waals surface area contributed by atoms with Gasteiger partial charge in [0.15, 0.2) is 0 Å². The molecule has 0 unspecified atom stereocenters. The van der Waals surface area contributed by atoms with Crippen molar-refractivity contribution in [3.63, 3.8) is 0 Å². The van der Waals surface area contributed by atoms with Gasteiger partial charge in [0.25, 0.3) is 5.91 Å². The number of piperidine rings is 1. The fourth-order valence-corrected chi connectivity index (χ4v) is 2.15. The topological polar surface area (TPSA) is 75.4 Å². The molecule has 1 fully saturated rings. The normalized spacial score (nSPS) is 15.1. The highest BCUT2D eigenvalue weighted by atomic mass is 16.2. The second-order valence-corrected chi connectivity index (χ2v) is 4.75. The first-order valence-electron chi connectivity index (χ1n) is 6.58. The first-order chi connectivity index (χ1) is 9.16. The van der Waals surface area contributed by atoms with Gasteiger partial charge in [-0.05, 0) is 43.5 Å². The van der Waals surface area contributed by atoms with Gasteiger partial charge < -0.3 is 16.0 Å². The average Bonchev–Trinajstić information content (AvgIpc) is 2.46. The Balaban J connectivity index is 1.82. The molecule has 1 aliphatic rings. The van der Waals surface area contributed by atoms with Crippen molar-refractivity contribution in [1.82, 2.24) is 10.2 Å². The Kier molecular flexibility index (Phi) is 4.39. The van der Waals surface area contributed by atoms with E-state index in [1.54, 1.807) is 24.3 Å². The molecule has 0 aliphatic carbocycles. The van der Waals surface area contributed by atoms with Crippen molar-refractivity contribution in [2.45, 2.75) is 19.3 Å². The molecule has 5 heteroatoms. The van der Waals surface area contributed by atoms with E-state index in [2.05, 4.69) is 5.32 Å². The lowest BCUT2D eigenvalue weighted by Gasteiger charge is -2.26. The minimum atomic E-state index is -0.245. The van der Waals surface area contributed by atoms with Crippen LogP contribution in [0, 0.1) is 0 Å². The maximum Gasteiger partial charge on any atom is 0.251 e. The lowest BCUT2D eigenvalue weighted by atomic mass is 10.1. The van der Waals surface area contributed by atoms with Crippen LogP contribution in [0.3, 0.4) is 0 Å². The molecule has 1 saturated heterocycles. The summed E-state index contributed by atoms with van der Waals surface area (Å²) in [5.41, 5.74) is 6.68. The third-order valence-electron chi connectivity index (χ3n) is 3.28. The van der Waals surface area contributed by atoms with Gasteiger partial charge in [-0.15, -0.1) is 0 Å². The third-order valence-corrected chi connectivity index (χ3v) is 3.28. The molecule has 0 atom stereocenters. The number of benzene rings is 1. The number of hydrogen-bond acceptors (Lipinski definition) is 3. The number of nitrogen functional groups attached to an aromatic ring is 1. The van der Waals surface area contributed by atoms with Gasteiger partial charge in [0.05, 0.1) is 6.54 Å². The predicted molar refractivity (Wildman–Crippen MR) is 73.6 cm³/mol. The fraction of sp³-hybridized carbons (Fsp3) is 0.429. The molecule has 0 bridgehead atoms. The van der Waals surface area contributed by atoms with E-state index in [-0.39, 0.29) is 18.4 Å². The van der Waals surface area contributed by atoms with E-state index in [9.17, 15) is 9.59 Å². The van der Waals surface area contributed by atoms with E-state index in [1.807, 2.05) is 4.90 Å². The summed E-state index contributed by atoms with van der Waals surface area (Å²) in [6, 6.07) is 6.63. The lowest BCUT2D eigenvalue weighted by molar-refractivity contribution is -0.130. The molecule has 3 N–H and O–H groups in total. The first-order valence-corrected chi connectivity index (χ1v) is 6.58. The molecule has 0 aromatic heterocycles.